The first-order chi connectivity index (χ1) is 12.3. The minimum atomic E-state index is 0.832. The van der Waals surface area contributed by atoms with E-state index < -0.39 is 0 Å². The van der Waals surface area contributed by atoms with Gasteiger partial charge < -0.3 is 9.47 Å². The second-order valence-corrected chi connectivity index (χ2v) is 7.51. The number of hydrogen-bond donors (Lipinski definition) is 0. The second kappa shape index (κ2) is 7.45. The van der Waals surface area contributed by atoms with E-state index in [2.05, 4.69) is 77.3 Å². The number of aryl methyl sites for hydroxylation is 1. The quantitative estimate of drug-likeness (QED) is 0.659. The molecule has 0 N–H and O–H groups in total. The minimum absolute atomic E-state index is 0.832. The topological polar surface area (TPSA) is 8.17 Å². The Kier molecular flexibility index (Phi) is 4.89. The molecule has 0 spiro atoms. The summed E-state index contributed by atoms with van der Waals surface area (Å²) in [6.07, 6.45) is 7.41. The normalized spacial score (nSPS) is 16.5. The van der Waals surface area contributed by atoms with Crippen molar-refractivity contribution in [2.75, 3.05) is 19.6 Å². The molecule has 2 heterocycles. The zero-order valence-corrected chi connectivity index (χ0v) is 15.2. The van der Waals surface area contributed by atoms with E-state index in [0.29, 0.717) is 0 Å². The number of para-hydroxylation sites is 1. The van der Waals surface area contributed by atoms with Gasteiger partial charge in [0.2, 0.25) is 0 Å². The van der Waals surface area contributed by atoms with Crippen LogP contribution in [0.3, 0.4) is 0 Å². The van der Waals surface area contributed by atoms with Crippen LogP contribution in [0.1, 0.15) is 24.0 Å². The van der Waals surface area contributed by atoms with E-state index in [-0.39, 0.29) is 0 Å². The fraction of sp³-hybridized carbons (Fsp3) is 0.391. The van der Waals surface area contributed by atoms with E-state index in [4.69, 9.17) is 0 Å². The maximum atomic E-state index is 2.65. The molecule has 1 saturated heterocycles. The Morgan fingerprint density at radius 1 is 0.920 bits per heavy atom. The van der Waals surface area contributed by atoms with Crippen LogP contribution < -0.4 is 0 Å². The van der Waals surface area contributed by atoms with Crippen LogP contribution in [0.2, 0.25) is 0 Å². The minimum Gasteiger partial charge on any atom is -0.350 e. The molecule has 0 atom stereocenters. The van der Waals surface area contributed by atoms with E-state index >= 15 is 0 Å². The van der Waals surface area contributed by atoms with Crippen LogP contribution >= 0.6 is 0 Å². The molecule has 0 aliphatic carbocycles. The van der Waals surface area contributed by atoms with Gasteiger partial charge in [0.25, 0.3) is 0 Å². The number of piperidine rings is 1. The molecule has 2 aromatic carbocycles. The summed E-state index contributed by atoms with van der Waals surface area (Å²) in [5.74, 6) is 0.832. The van der Waals surface area contributed by atoms with Gasteiger partial charge in [-0.15, -0.1) is 0 Å². The van der Waals surface area contributed by atoms with Gasteiger partial charge in [-0.1, -0.05) is 48.5 Å². The molecule has 25 heavy (non-hydrogen) atoms. The molecule has 4 rings (SSSR count). The van der Waals surface area contributed by atoms with Crippen molar-refractivity contribution in [2.45, 2.75) is 25.7 Å². The molecule has 0 radical (unpaired) electrons. The number of nitrogens with zero attached hydrogens (tertiary/aromatic N) is 2. The van der Waals surface area contributed by atoms with Gasteiger partial charge in [-0.2, -0.15) is 0 Å². The Balaban J connectivity index is 1.31. The first-order valence-corrected chi connectivity index (χ1v) is 9.59. The number of likely N-dealkylation sites (tertiary alicyclic amines) is 1. The third-order valence-corrected chi connectivity index (χ3v) is 5.75. The average molecular weight is 332 g/mol. The number of fused-ring (bicyclic) bond motifs is 1. The molecule has 1 aliphatic heterocycles. The lowest BCUT2D eigenvalue weighted by atomic mass is 9.90. The first kappa shape index (κ1) is 16.4. The summed E-state index contributed by atoms with van der Waals surface area (Å²) < 4.78 is 2.28. The van der Waals surface area contributed by atoms with Crippen molar-refractivity contribution in [3.05, 3.63) is 71.9 Å². The van der Waals surface area contributed by atoms with Crippen LogP contribution in [-0.2, 0) is 19.9 Å². The Bertz CT molecular complexity index is 810. The third kappa shape index (κ3) is 3.80. The predicted octanol–water partition coefficient (Wildman–Crippen LogP) is 4.68. The summed E-state index contributed by atoms with van der Waals surface area (Å²) in [6, 6.07) is 19.7. The molecule has 3 aromatic rings. The van der Waals surface area contributed by atoms with Gasteiger partial charge in [-0.25, -0.2) is 0 Å². The van der Waals surface area contributed by atoms with Crippen molar-refractivity contribution >= 4 is 10.9 Å². The van der Waals surface area contributed by atoms with Gasteiger partial charge in [0.15, 0.2) is 0 Å². The molecule has 1 aromatic heterocycles. The summed E-state index contributed by atoms with van der Waals surface area (Å²) in [6.45, 7) is 3.70. The highest BCUT2D eigenvalue weighted by molar-refractivity contribution is 5.83. The Morgan fingerprint density at radius 3 is 2.44 bits per heavy atom. The smallest absolute Gasteiger partial charge is 0.0480 e. The second-order valence-electron chi connectivity index (χ2n) is 7.51. The molecule has 1 aliphatic rings. The van der Waals surface area contributed by atoms with Crippen molar-refractivity contribution in [3.8, 4) is 0 Å². The Morgan fingerprint density at radius 2 is 1.64 bits per heavy atom. The maximum absolute atomic E-state index is 2.65. The Labute approximate surface area is 151 Å². The molecule has 0 unspecified atom stereocenters. The van der Waals surface area contributed by atoms with Gasteiger partial charge in [-0.3, -0.25) is 0 Å². The van der Waals surface area contributed by atoms with Crippen LogP contribution in [0.5, 0.6) is 0 Å². The van der Waals surface area contributed by atoms with Gasteiger partial charge in [0.05, 0.1) is 0 Å². The largest absolute Gasteiger partial charge is 0.350 e. The zero-order valence-electron chi connectivity index (χ0n) is 15.2. The number of rotatable bonds is 5. The average Bonchev–Trinajstić information content (AvgIpc) is 2.98. The van der Waals surface area contributed by atoms with Crippen molar-refractivity contribution in [3.63, 3.8) is 0 Å². The highest BCUT2D eigenvalue weighted by Gasteiger charge is 2.20. The fourth-order valence-electron chi connectivity index (χ4n) is 4.25. The van der Waals surface area contributed by atoms with Gasteiger partial charge in [0.1, 0.15) is 0 Å². The standard InChI is InChI=1S/C23H28N2/c1-24-18-21(22-9-5-6-10-23(22)24)17-20-12-15-25(16-13-20)14-11-19-7-3-2-4-8-19/h2-10,18,20H,11-17H2,1H3. The van der Waals surface area contributed by atoms with Crippen molar-refractivity contribution in [1.29, 1.82) is 0 Å². The van der Waals surface area contributed by atoms with Crippen LogP contribution in [-0.4, -0.2) is 29.1 Å². The Hall–Kier alpha value is -2.06. The molecule has 0 saturated carbocycles. The van der Waals surface area contributed by atoms with Crippen LogP contribution in [0, 0.1) is 5.92 Å². The third-order valence-electron chi connectivity index (χ3n) is 5.75. The molecule has 2 heteroatoms. The van der Waals surface area contributed by atoms with Crippen molar-refractivity contribution in [1.82, 2.24) is 9.47 Å². The fourth-order valence-corrected chi connectivity index (χ4v) is 4.25. The van der Waals surface area contributed by atoms with E-state index in [1.807, 2.05) is 0 Å². The molecule has 2 nitrogen and oxygen atoms in total. The van der Waals surface area contributed by atoms with E-state index in [0.717, 1.165) is 5.92 Å². The van der Waals surface area contributed by atoms with E-state index in [1.165, 1.54) is 67.3 Å². The maximum Gasteiger partial charge on any atom is 0.0480 e. The van der Waals surface area contributed by atoms with Crippen LogP contribution in [0.25, 0.3) is 10.9 Å². The van der Waals surface area contributed by atoms with Gasteiger partial charge >= 0.3 is 0 Å². The lowest BCUT2D eigenvalue weighted by Gasteiger charge is -2.32. The lowest BCUT2D eigenvalue weighted by Crippen LogP contribution is -2.35. The predicted molar refractivity (Wildman–Crippen MR) is 106 cm³/mol. The highest BCUT2D eigenvalue weighted by atomic mass is 15.1. The zero-order chi connectivity index (χ0) is 17.1. The number of hydrogen-bond acceptors (Lipinski definition) is 1. The summed E-state index contributed by atoms with van der Waals surface area (Å²) in [5, 5.41) is 1.44. The molecule has 0 amide bonds. The summed E-state index contributed by atoms with van der Waals surface area (Å²) >= 11 is 0. The lowest BCUT2D eigenvalue weighted by molar-refractivity contribution is 0.186. The number of aromatic nitrogens is 1. The van der Waals surface area contributed by atoms with E-state index in [9.17, 15) is 0 Å². The molecular formula is C23H28N2. The van der Waals surface area contributed by atoms with E-state index in [1.54, 1.807) is 0 Å². The monoisotopic (exact) mass is 332 g/mol. The van der Waals surface area contributed by atoms with Crippen molar-refractivity contribution < 1.29 is 0 Å². The number of benzene rings is 2. The summed E-state index contributed by atoms with van der Waals surface area (Å²) in [5.41, 5.74) is 4.35. The van der Waals surface area contributed by atoms with Crippen LogP contribution in [0.4, 0.5) is 0 Å². The molecule has 130 valence electrons. The summed E-state index contributed by atoms with van der Waals surface area (Å²) in [7, 11) is 2.16. The van der Waals surface area contributed by atoms with Gasteiger partial charge in [0, 0.05) is 30.7 Å². The highest BCUT2D eigenvalue weighted by Crippen LogP contribution is 2.27. The van der Waals surface area contributed by atoms with Crippen molar-refractivity contribution in [2.24, 2.45) is 13.0 Å². The molecular weight excluding hydrogens is 304 g/mol. The molecule has 0 bridgehead atoms. The molecule has 1 fully saturated rings. The van der Waals surface area contributed by atoms with Crippen LogP contribution in [0.15, 0.2) is 60.8 Å². The first-order valence-electron chi connectivity index (χ1n) is 9.59. The summed E-state index contributed by atoms with van der Waals surface area (Å²) in [4.78, 5) is 2.65. The SMILES string of the molecule is Cn1cc(CC2CCN(CCc3ccccc3)CC2)c2ccccc21. The van der Waals surface area contributed by atoms with Gasteiger partial charge in [-0.05, 0) is 61.9 Å².